The van der Waals surface area contributed by atoms with E-state index >= 15 is 0 Å². The summed E-state index contributed by atoms with van der Waals surface area (Å²) in [5.41, 5.74) is 6.90. The predicted molar refractivity (Wildman–Crippen MR) is 76.3 cm³/mol. The predicted octanol–water partition coefficient (Wildman–Crippen LogP) is 2.21. The van der Waals surface area contributed by atoms with Crippen molar-refractivity contribution in [2.45, 2.75) is 32.4 Å². The number of aromatic nitrogens is 2. The molecular weight excluding hydrogens is 254 g/mol. The second-order valence-electron chi connectivity index (χ2n) is 5.56. The molecular formula is C15H19N3O2. The topological polar surface area (TPSA) is 70.1 Å². The minimum Gasteiger partial charge on any atom is -0.459 e. The van der Waals surface area contributed by atoms with Gasteiger partial charge in [0.2, 0.25) is 0 Å². The fraction of sp³-hybridized carbons (Fsp3) is 0.333. The molecule has 0 amide bonds. The highest BCUT2D eigenvalue weighted by atomic mass is 16.6. The summed E-state index contributed by atoms with van der Waals surface area (Å²) in [6.07, 6.45) is 3.32. The molecule has 0 aliphatic carbocycles. The van der Waals surface area contributed by atoms with E-state index in [4.69, 9.17) is 10.5 Å². The third-order valence-electron chi connectivity index (χ3n) is 2.64. The van der Waals surface area contributed by atoms with Gasteiger partial charge < -0.3 is 10.5 Å². The van der Waals surface area contributed by atoms with Crippen LogP contribution >= 0.6 is 0 Å². The molecule has 20 heavy (non-hydrogen) atoms. The monoisotopic (exact) mass is 273 g/mol. The van der Waals surface area contributed by atoms with Crippen LogP contribution < -0.4 is 5.73 Å². The number of hydrogen-bond donors (Lipinski definition) is 1. The van der Waals surface area contributed by atoms with Crippen molar-refractivity contribution >= 4 is 5.97 Å². The molecule has 0 fully saturated rings. The summed E-state index contributed by atoms with van der Waals surface area (Å²) < 4.78 is 6.95. The zero-order chi connectivity index (χ0) is 14.8. The number of nitrogens with zero attached hydrogens (tertiary/aromatic N) is 2. The van der Waals surface area contributed by atoms with E-state index in [9.17, 15) is 4.79 Å². The Labute approximate surface area is 118 Å². The van der Waals surface area contributed by atoms with Crippen molar-refractivity contribution in [3.63, 3.8) is 0 Å². The number of ether oxygens (including phenoxy) is 1. The SMILES string of the molecule is CC(C)(C)OC(=O)C(N)c1cnn(-c2ccccc2)c1. The smallest absolute Gasteiger partial charge is 0.328 e. The van der Waals surface area contributed by atoms with Gasteiger partial charge in [-0.2, -0.15) is 5.10 Å². The van der Waals surface area contributed by atoms with Crippen molar-refractivity contribution in [1.82, 2.24) is 9.78 Å². The standard InChI is InChI=1S/C15H19N3O2/c1-15(2,3)20-14(19)13(16)11-9-17-18(10-11)12-7-5-4-6-8-12/h4-10,13H,16H2,1-3H3. The van der Waals surface area contributed by atoms with Gasteiger partial charge in [-0.25, -0.2) is 9.48 Å². The van der Waals surface area contributed by atoms with Gasteiger partial charge in [0, 0.05) is 11.8 Å². The Balaban J connectivity index is 2.15. The van der Waals surface area contributed by atoms with E-state index < -0.39 is 17.6 Å². The van der Waals surface area contributed by atoms with Crippen molar-refractivity contribution in [2.75, 3.05) is 0 Å². The first-order valence-corrected chi connectivity index (χ1v) is 6.45. The Morgan fingerprint density at radius 1 is 1.30 bits per heavy atom. The number of nitrogens with two attached hydrogens (primary N) is 1. The molecule has 0 aliphatic heterocycles. The molecule has 0 saturated carbocycles. The van der Waals surface area contributed by atoms with Crippen LogP contribution in [-0.2, 0) is 9.53 Å². The second-order valence-corrected chi connectivity index (χ2v) is 5.56. The highest BCUT2D eigenvalue weighted by molar-refractivity contribution is 5.77. The summed E-state index contributed by atoms with van der Waals surface area (Å²) >= 11 is 0. The van der Waals surface area contributed by atoms with Gasteiger partial charge in [0.15, 0.2) is 0 Å². The largest absolute Gasteiger partial charge is 0.459 e. The van der Waals surface area contributed by atoms with E-state index in [0.717, 1.165) is 5.69 Å². The molecule has 1 aromatic carbocycles. The van der Waals surface area contributed by atoms with Gasteiger partial charge in [-0.3, -0.25) is 0 Å². The van der Waals surface area contributed by atoms with Crippen LogP contribution in [0.25, 0.3) is 5.69 Å². The average Bonchev–Trinajstić information content (AvgIpc) is 2.86. The lowest BCUT2D eigenvalue weighted by Crippen LogP contribution is -2.31. The van der Waals surface area contributed by atoms with E-state index in [2.05, 4.69) is 5.10 Å². The van der Waals surface area contributed by atoms with E-state index in [0.29, 0.717) is 5.56 Å². The van der Waals surface area contributed by atoms with Crippen LogP contribution in [0, 0.1) is 0 Å². The molecule has 1 aromatic heterocycles. The summed E-state index contributed by atoms with van der Waals surface area (Å²) in [6.45, 7) is 5.43. The molecule has 2 aromatic rings. The molecule has 1 unspecified atom stereocenters. The van der Waals surface area contributed by atoms with Crippen molar-refractivity contribution < 1.29 is 9.53 Å². The minimum atomic E-state index is -0.827. The third-order valence-corrected chi connectivity index (χ3v) is 2.64. The maximum atomic E-state index is 11.9. The van der Waals surface area contributed by atoms with Gasteiger partial charge in [0.05, 0.1) is 11.9 Å². The fourth-order valence-electron chi connectivity index (χ4n) is 1.72. The van der Waals surface area contributed by atoms with Gasteiger partial charge >= 0.3 is 5.97 Å². The number of rotatable bonds is 3. The molecule has 1 atom stereocenters. The number of esters is 1. The van der Waals surface area contributed by atoms with E-state index in [1.54, 1.807) is 17.1 Å². The van der Waals surface area contributed by atoms with E-state index in [-0.39, 0.29) is 0 Å². The number of para-hydroxylation sites is 1. The lowest BCUT2D eigenvalue weighted by molar-refractivity contribution is -0.156. The number of hydrogen-bond acceptors (Lipinski definition) is 4. The molecule has 2 N–H and O–H groups in total. The molecule has 5 nitrogen and oxygen atoms in total. The maximum absolute atomic E-state index is 11.9. The van der Waals surface area contributed by atoms with Crippen LogP contribution in [0.3, 0.4) is 0 Å². The van der Waals surface area contributed by atoms with Gasteiger partial charge in [0.25, 0.3) is 0 Å². The first-order valence-electron chi connectivity index (χ1n) is 6.45. The summed E-state index contributed by atoms with van der Waals surface area (Å²) in [4.78, 5) is 11.9. The average molecular weight is 273 g/mol. The van der Waals surface area contributed by atoms with E-state index in [1.807, 2.05) is 51.1 Å². The number of carbonyl (C=O) groups excluding carboxylic acids is 1. The Morgan fingerprint density at radius 3 is 2.55 bits per heavy atom. The third kappa shape index (κ3) is 3.45. The van der Waals surface area contributed by atoms with Crippen molar-refractivity contribution in [3.8, 4) is 5.69 Å². The number of carbonyl (C=O) groups is 1. The highest BCUT2D eigenvalue weighted by Crippen LogP contribution is 2.17. The fourth-order valence-corrected chi connectivity index (χ4v) is 1.72. The van der Waals surface area contributed by atoms with Crippen LogP contribution in [0.2, 0.25) is 0 Å². The van der Waals surface area contributed by atoms with Crippen LogP contribution in [0.1, 0.15) is 32.4 Å². The zero-order valence-electron chi connectivity index (χ0n) is 11.9. The lowest BCUT2D eigenvalue weighted by Gasteiger charge is -2.21. The highest BCUT2D eigenvalue weighted by Gasteiger charge is 2.24. The lowest BCUT2D eigenvalue weighted by atomic mass is 10.1. The molecule has 0 radical (unpaired) electrons. The Hall–Kier alpha value is -2.14. The Morgan fingerprint density at radius 2 is 1.95 bits per heavy atom. The quantitative estimate of drug-likeness (QED) is 0.870. The Bertz CT molecular complexity index is 585. The maximum Gasteiger partial charge on any atom is 0.328 e. The molecule has 0 aliphatic rings. The van der Waals surface area contributed by atoms with Gasteiger partial charge in [0.1, 0.15) is 11.6 Å². The van der Waals surface area contributed by atoms with Crippen LogP contribution in [0.15, 0.2) is 42.7 Å². The normalized spacial score (nSPS) is 13.0. The van der Waals surface area contributed by atoms with Crippen molar-refractivity contribution in [1.29, 1.82) is 0 Å². The Kier molecular flexibility index (Phi) is 3.90. The summed E-state index contributed by atoms with van der Waals surface area (Å²) in [5, 5.41) is 4.22. The van der Waals surface area contributed by atoms with Gasteiger partial charge in [-0.15, -0.1) is 0 Å². The molecule has 2 rings (SSSR count). The summed E-state index contributed by atoms with van der Waals surface area (Å²) in [5.74, 6) is -0.454. The second kappa shape index (κ2) is 5.46. The van der Waals surface area contributed by atoms with Gasteiger partial charge in [-0.1, -0.05) is 18.2 Å². The van der Waals surface area contributed by atoms with Crippen molar-refractivity contribution in [3.05, 3.63) is 48.3 Å². The van der Waals surface area contributed by atoms with Gasteiger partial charge in [-0.05, 0) is 32.9 Å². The van der Waals surface area contributed by atoms with Crippen LogP contribution in [0.5, 0.6) is 0 Å². The van der Waals surface area contributed by atoms with Crippen molar-refractivity contribution in [2.24, 2.45) is 5.73 Å². The summed E-state index contributed by atoms with van der Waals surface area (Å²) in [7, 11) is 0. The molecule has 1 heterocycles. The zero-order valence-corrected chi connectivity index (χ0v) is 11.9. The molecule has 5 heteroatoms. The van der Waals surface area contributed by atoms with E-state index in [1.165, 1.54) is 0 Å². The van der Waals surface area contributed by atoms with Crippen LogP contribution in [-0.4, -0.2) is 21.4 Å². The minimum absolute atomic E-state index is 0.454. The first-order chi connectivity index (χ1) is 9.37. The molecule has 106 valence electrons. The molecule has 0 bridgehead atoms. The number of benzene rings is 1. The first kappa shape index (κ1) is 14.3. The summed E-state index contributed by atoms with van der Waals surface area (Å²) in [6, 6.07) is 8.80. The van der Waals surface area contributed by atoms with Crippen LogP contribution in [0.4, 0.5) is 0 Å². The molecule has 0 saturated heterocycles. The molecule has 0 spiro atoms.